The van der Waals surface area contributed by atoms with Crippen molar-refractivity contribution in [2.45, 2.75) is 58.8 Å². The van der Waals surface area contributed by atoms with Gasteiger partial charge in [-0.05, 0) is 26.7 Å². The van der Waals surface area contributed by atoms with Crippen LogP contribution in [0.2, 0.25) is 0 Å². The van der Waals surface area contributed by atoms with Gasteiger partial charge in [0.15, 0.2) is 5.69 Å². The predicted octanol–water partition coefficient (Wildman–Crippen LogP) is 4.76. The van der Waals surface area contributed by atoms with Gasteiger partial charge in [0, 0.05) is 21.5 Å². The van der Waals surface area contributed by atoms with Gasteiger partial charge < -0.3 is 26.8 Å². The summed E-state index contributed by atoms with van der Waals surface area (Å²) in [5, 5.41) is 26.3. The average molecular weight is 699 g/mol. The van der Waals surface area contributed by atoms with E-state index < -0.39 is 35.9 Å². The van der Waals surface area contributed by atoms with Crippen molar-refractivity contribution in [1.82, 2.24) is 35.9 Å². The Balaban J connectivity index is 0.00000529. The lowest BCUT2D eigenvalue weighted by molar-refractivity contribution is 0.0690. The van der Waals surface area contributed by atoms with E-state index in [0.29, 0.717) is 20.0 Å². The second kappa shape index (κ2) is 15.1. The van der Waals surface area contributed by atoms with Crippen molar-refractivity contribution in [2.75, 3.05) is 0 Å². The zero-order valence-corrected chi connectivity index (χ0v) is 28.3. The Hall–Kier alpha value is -3.35. The predicted molar refractivity (Wildman–Crippen MR) is 172 cm³/mol. The maximum absolute atomic E-state index is 13.0. The van der Waals surface area contributed by atoms with Gasteiger partial charge in [-0.1, -0.05) is 13.8 Å². The van der Waals surface area contributed by atoms with E-state index in [1.165, 1.54) is 50.7 Å². The number of halogens is 1. The zero-order chi connectivity index (χ0) is 31.4. The second-order valence-corrected chi connectivity index (χ2v) is 13.5. The van der Waals surface area contributed by atoms with Crippen molar-refractivity contribution >= 4 is 81.4 Å². The molecule has 0 aliphatic rings. The molecule has 0 aromatic carbocycles. The van der Waals surface area contributed by atoms with E-state index in [9.17, 15) is 24.3 Å². The summed E-state index contributed by atoms with van der Waals surface area (Å²) < 4.78 is 0. The summed E-state index contributed by atoms with van der Waals surface area (Å²) in [5.74, 6) is -2.39. The SMILES string of the molecule is CC(C)[C@H](NC(=O)c1csc([C@H](C)NC(=O)c2csc([C@H](C)NC(=O)c3csc([C@H](C)N)n3)n2)n1)c1nc(C(=O)O)cs1.Cl. The van der Waals surface area contributed by atoms with Crippen molar-refractivity contribution in [3.8, 4) is 0 Å². The van der Waals surface area contributed by atoms with Crippen molar-refractivity contribution in [3.05, 3.63) is 64.3 Å². The molecule has 44 heavy (non-hydrogen) atoms. The molecule has 4 rings (SSSR count). The molecule has 0 radical (unpaired) electrons. The minimum absolute atomic E-state index is 0. The van der Waals surface area contributed by atoms with Crippen molar-refractivity contribution < 1.29 is 24.3 Å². The number of carbonyl (C=O) groups is 4. The Morgan fingerprint density at radius 2 is 1.00 bits per heavy atom. The van der Waals surface area contributed by atoms with Gasteiger partial charge in [0.1, 0.15) is 37.1 Å². The maximum Gasteiger partial charge on any atom is 0.355 e. The number of carboxylic acid groups (broad SMARTS) is 1. The molecule has 0 spiro atoms. The number of nitrogens with two attached hydrogens (primary N) is 1. The Kier molecular flexibility index (Phi) is 12.0. The molecule has 0 saturated heterocycles. The van der Waals surface area contributed by atoms with Crippen molar-refractivity contribution in [1.29, 1.82) is 0 Å². The lowest BCUT2D eigenvalue weighted by Crippen LogP contribution is -2.32. The molecule has 4 aromatic rings. The van der Waals surface area contributed by atoms with Gasteiger partial charge in [0.25, 0.3) is 17.7 Å². The van der Waals surface area contributed by atoms with Crippen LogP contribution in [0.5, 0.6) is 0 Å². The second-order valence-electron chi connectivity index (χ2n) is 9.96. The van der Waals surface area contributed by atoms with Crippen molar-refractivity contribution in [3.63, 3.8) is 0 Å². The third-order valence-electron chi connectivity index (χ3n) is 6.05. The van der Waals surface area contributed by atoms with E-state index in [0.717, 1.165) is 0 Å². The molecule has 0 unspecified atom stereocenters. The number of carboxylic acids is 1. The van der Waals surface area contributed by atoms with E-state index >= 15 is 0 Å². The highest BCUT2D eigenvalue weighted by Crippen LogP contribution is 2.27. The van der Waals surface area contributed by atoms with E-state index in [4.69, 9.17) is 5.73 Å². The summed E-state index contributed by atoms with van der Waals surface area (Å²) in [6, 6.07) is -1.72. The highest BCUT2D eigenvalue weighted by atomic mass is 35.5. The van der Waals surface area contributed by atoms with Gasteiger partial charge >= 0.3 is 5.97 Å². The molecule has 0 aliphatic carbocycles. The molecule has 4 heterocycles. The summed E-state index contributed by atoms with van der Waals surface area (Å²) in [6.07, 6.45) is 0. The number of aromatic carboxylic acids is 1. The number of hydrogen-bond donors (Lipinski definition) is 5. The minimum Gasteiger partial charge on any atom is -0.476 e. The fourth-order valence-corrected chi connectivity index (χ4v) is 7.09. The molecule has 4 aromatic heterocycles. The number of thiazole rings is 4. The lowest BCUT2D eigenvalue weighted by Gasteiger charge is -2.19. The minimum atomic E-state index is -1.13. The van der Waals surface area contributed by atoms with Gasteiger partial charge in [-0.25, -0.2) is 24.7 Å². The Labute approximate surface area is 275 Å². The van der Waals surface area contributed by atoms with Crippen LogP contribution in [0.15, 0.2) is 21.5 Å². The smallest absolute Gasteiger partial charge is 0.355 e. The van der Waals surface area contributed by atoms with Crippen LogP contribution in [0.3, 0.4) is 0 Å². The molecule has 0 saturated carbocycles. The van der Waals surface area contributed by atoms with Crippen LogP contribution in [-0.4, -0.2) is 48.7 Å². The van der Waals surface area contributed by atoms with Gasteiger partial charge in [-0.3, -0.25) is 14.4 Å². The molecule has 18 heteroatoms. The maximum atomic E-state index is 13.0. The van der Waals surface area contributed by atoms with Crippen molar-refractivity contribution in [2.24, 2.45) is 11.7 Å². The fraction of sp³-hybridized carbons (Fsp3) is 0.385. The van der Waals surface area contributed by atoms with E-state index in [2.05, 4.69) is 35.9 Å². The van der Waals surface area contributed by atoms with E-state index in [1.807, 2.05) is 13.8 Å². The number of nitrogens with one attached hydrogen (secondary N) is 3. The lowest BCUT2D eigenvalue weighted by atomic mass is 10.1. The summed E-state index contributed by atoms with van der Waals surface area (Å²) >= 11 is 4.96. The quantitative estimate of drug-likeness (QED) is 0.137. The first kappa shape index (κ1) is 35.1. The molecule has 6 N–H and O–H groups in total. The Bertz CT molecular complexity index is 1630. The number of aromatic nitrogens is 4. The summed E-state index contributed by atoms with van der Waals surface area (Å²) in [4.78, 5) is 66.9. The first-order valence-corrected chi connectivity index (χ1v) is 16.6. The Morgan fingerprint density at radius 1 is 0.636 bits per heavy atom. The first-order valence-electron chi connectivity index (χ1n) is 13.1. The van der Waals surface area contributed by atoms with Crippen LogP contribution in [-0.2, 0) is 0 Å². The monoisotopic (exact) mass is 698 g/mol. The molecule has 4 atom stereocenters. The first-order chi connectivity index (χ1) is 20.3. The molecule has 3 amide bonds. The summed E-state index contributed by atoms with van der Waals surface area (Å²) in [7, 11) is 0. The third kappa shape index (κ3) is 8.42. The van der Waals surface area contributed by atoms with Gasteiger partial charge in [-0.2, -0.15) is 0 Å². The number of carbonyl (C=O) groups excluding carboxylic acids is 3. The standard InChI is InChI=1S/C26H30N8O5S4.ClH/c1-10(2)18(25-33-17(9-43-25)26(38)39)34-21(37)16-8-42-24(32-16)13(5)29-20(36)15-7-41-23(31-15)12(4)28-19(35)14-6-40-22(30-14)11(3)27;/h6-13,18H,27H2,1-5H3,(H,28,35)(H,29,36)(H,34,37)(H,38,39);1H/t11-,12-,13-,18-;/m0./s1. The number of amides is 3. The zero-order valence-electron chi connectivity index (χ0n) is 24.2. The average Bonchev–Trinajstić information content (AvgIpc) is 3.77. The molecule has 0 aliphatic heterocycles. The largest absolute Gasteiger partial charge is 0.476 e. The van der Waals surface area contributed by atoms with Crippen LogP contribution in [0.4, 0.5) is 0 Å². The van der Waals surface area contributed by atoms with Crippen LogP contribution in [0.25, 0.3) is 0 Å². The van der Waals surface area contributed by atoms with Gasteiger partial charge in [0.2, 0.25) is 0 Å². The Morgan fingerprint density at radius 3 is 1.39 bits per heavy atom. The highest BCUT2D eigenvalue weighted by molar-refractivity contribution is 7.10. The van der Waals surface area contributed by atoms with Crippen LogP contribution >= 0.6 is 57.8 Å². The topological polar surface area (TPSA) is 202 Å². The third-order valence-corrected chi connectivity index (χ3v) is 10.1. The van der Waals surface area contributed by atoms with Gasteiger partial charge in [-0.15, -0.1) is 57.8 Å². The molecule has 0 fully saturated rings. The molecule has 13 nitrogen and oxygen atoms in total. The van der Waals surface area contributed by atoms with Crippen LogP contribution in [0, 0.1) is 5.92 Å². The number of rotatable bonds is 12. The number of nitrogens with zero attached hydrogens (tertiary/aromatic N) is 4. The summed E-state index contributed by atoms with van der Waals surface area (Å²) in [6.45, 7) is 9.11. The van der Waals surface area contributed by atoms with E-state index in [1.54, 1.807) is 36.9 Å². The summed E-state index contributed by atoms with van der Waals surface area (Å²) in [5.41, 5.74) is 6.40. The van der Waals surface area contributed by atoms with Gasteiger partial charge in [0.05, 0.1) is 24.2 Å². The number of hydrogen-bond acceptors (Lipinski definition) is 13. The fourth-order valence-electron chi connectivity index (χ4n) is 3.70. The van der Waals surface area contributed by atoms with Crippen LogP contribution in [0.1, 0.15) is 121 Å². The molecular weight excluding hydrogens is 668 g/mol. The molecule has 0 bridgehead atoms. The molecular formula is C26H31ClN8O5S4. The van der Waals surface area contributed by atoms with Crippen LogP contribution < -0.4 is 21.7 Å². The van der Waals surface area contributed by atoms with E-state index in [-0.39, 0.29) is 53.0 Å². The normalized spacial score (nSPS) is 13.8. The molecule has 236 valence electrons. The highest BCUT2D eigenvalue weighted by Gasteiger charge is 2.26.